The number of rotatable bonds is 4. The van der Waals surface area contributed by atoms with Crippen molar-refractivity contribution in [3.8, 4) is 0 Å². The second-order valence-corrected chi connectivity index (χ2v) is 4.94. The molecule has 0 heterocycles. The van der Waals surface area contributed by atoms with E-state index in [4.69, 9.17) is 22.4 Å². The van der Waals surface area contributed by atoms with Gasteiger partial charge in [0.25, 0.3) is 0 Å². The Morgan fingerprint density at radius 1 is 1.42 bits per heavy atom. The molecule has 5 N–H and O–H groups in total. The minimum atomic E-state index is -1.23. The number of hydrogen-bond acceptors (Lipinski definition) is 3. The molecule has 1 aromatic rings. The molecule has 7 heteroatoms. The van der Waals surface area contributed by atoms with E-state index in [1.54, 1.807) is 24.3 Å². The summed E-state index contributed by atoms with van der Waals surface area (Å²) < 4.78 is 0. The third kappa shape index (κ3) is 2.80. The van der Waals surface area contributed by atoms with Crippen molar-refractivity contribution in [2.75, 3.05) is 11.9 Å². The first kappa shape index (κ1) is 13.6. The van der Waals surface area contributed by atoms with Crippen LogP contribution in [0.5, 0.6) is 0 Å². The van der Waals surface area contributed by atoms with E-state index in [2.05, 4.69) is 10.6 Å². The predicted octanol–water partition coefficient (Wildman–Crippen LogP) is 1.26. The number of carboxylic acid groups (broad SMARTS) is 1. The van der Waals surface area contributed by atoms with Gasteiger partial charge in [0, 0.05) is 16.6 Å². The molecule has 102 valence electrons. The number of carbonyl (C=O) groups excluding carboxylic acids is 1. The third-order valence-corrected chi connectivity index (χ3v) is 3.46. The molecule has 1 saturated carbocycles. The maximum absolute atomic E-state index is 11.8. The number of halogens is 1. The van der Waals surface area contributed by atoms with Crippen molar-refractivity contribution in [1.82, 2.24) is 5.32 Å². The molecule has 6 nitrogen and oxygen atoms in total. The molecule has 2 unspecified atom stereocenters. The van der Waals surface area contributed by atoms with Crippen LogP contribution in [0.4, 0.5) is 10.5 Å². The molecular weight excluding hydrogens is 270 g/mol. The zero-order valence-corrected chi connectivity index (χ0v) is 10.8. The number of aliphatic carboxylic acids is 1. The molecule has 1 fully saturated rings. The molecule has 0 saturated heterocycles. The first-order valence-electron chi connectivity index (χ1n) is 5.76. The lowest BCUT2D eigenvalue weighted by Gasteiger charge is -2.15. The van der Waals surface area contributed by atoms with Gasteiger partial charge in [0.15, 0.2) is 0 Å². The zero-order valence-electron chi connectivity index (χ0n) is 10.0. The van der Waals surface area contributed by atoms with Crippen LogP contribution in [-0.4, -0.2) is 29.2 Å². The molecule has 1 aliphatic rings. The molecule has 0 radical (unpaired) electrons. The number of nitrogens with two attached hydrogens (primary N) is 1. The molecule has 0 aromatic heterocycles. The van der Waals surface area contributed by atoms with Crippen LogP contribution in [0.3, 0.4) is 0 Å². The minimum absolute atomic E-state index is 0.221. The van der Waals surface area contributed by atoms with Gasteiger partial charge in [-0.05, 0) is 37.2 Å². The van der Waals surface area contributed by atoms with Gasteiger partial charge in [0.1, 0.15) is 5.54 Å². The fourth-order valence-corrected chi connectivity index (χ4v) is 2.11. The largest absolute Gasteiger partial charge is 0.479 e. The summed E-state index contributed by atoms with van der Waals surface area (Å²) in [5.41, 5.74) is 4.75. The van der Waals surface area contributed by atoms with Gasteiger partial charge >= 0.3 is 12.0 Å². The van der Waals surface area contributed by atoms with Gasteiger partial charge in [0.2, 0.25) is 0 Å². The van der Waals surface area contributed by atoms with E-state index in [1.807, 2.05) is 0 Å². The van der Waals surface area contributed by atoms with E-state index in [-0.39, 0.29) is 12.5 Å². The standard InChI is InChI=1S/C12H14ClN3O3/c13-8-1-3-9(4-2-8)15-11(19)16-12(10(17)18)5-7(12)6-14/h1-4,7H,5-6,14H2,(H,17,18)(H2,15,16,19). The highest BCUT2D eigenvalue weighted by Gasteiger charge is 2.61. The summed E-state index contributed by atoms with van der Waals surface area (Å²) in [6, 6.07) is 5.94. The molecule has 1 aromatic carbocycles. The average molecular weight is 284 g/mol. The third-order valence-electron chi connectivity index (χ3n) is 3.21. The lowest BCUT2D eigenvalue weighted by atomic mass is 10.2. The highest BCUT2D eigenvalue weighted by molar-refractivity contribution is 6.30. The Kier molecular flexibility index (Phi) is 3.64. The second kappa shape index (κ2) is 5.07. The van der Waals surface area contributed by atoms with Gasteiger partial charge < -0.3 is 21.5 Å². The smallest absolute Gasteiger partial charge is 0.329 e. The Hall–Kier alpha value is -1.79. The SMILES string of the molecule is NCC1CC1(NC(=O)Nc1ccc(Cl)cc1)C(=O)O. The number of carbonyl (C=O) groups is 2. The molecule has 19 heavy (non-hydrogen) atoms. The van der Waals surface area contributed by atoms with Crippen molar-refractivity contribution in [3.63, 3.8) is 0 Å². The molecule has 0 spiro atoms. The van der Waals surface area contributed by atoms with Crippen molar-refractivity contribution >= 4 is 29.3 Å². The lowest BCUT2D eigenvalue weighted by molar-refractivity contribution is -0.140. The predicted molar refractivity (Wildman–Crippen MR) is 71.1 cm³/mol. The Labute approximate surface area is 114 Å². The Morgan fingerprint density at radius 3 is 2.53 bits per heavy atom. The summed E-state index contributed by atoms with van der Waals surface area (Å²) >= 11 is 5.72. The fraction of sp³-hybridized carbons (Fsp3) is 0.333. The van der Waals surface area contributed by atoms with Crippen LogP contribution in [0, 0.1) is 5.92 Å². The molecule has 2 atom stereocenters. The van der Waals surface area contributed by atoms with Crippen molar-refractivity contribution in [3.05, 3.63) is 29.3 Å². The molecule has 0 bridgehead atoms. The van der Waals surface area contributed by atoms with E-state index in [0.717, 1.165) is 0 Å². The van der Waals surface area contributed by atoms with Crippen LogP contribution in [0.25, 0.3) is 0 Å². The second-order valence-electron chi connectivity index (χ2n) is 4.50. The number of urea groups is 1. The average Bonchev–Trinajstić information content (AvgIpc) is 3.07. The summed E-state index contributed by atoms with van der Waals surface area (Å²) in [7, 11) is 0. The van der Waals surface area contributed by atoms with Crippen LogP contribution >= 0.6 is 11.6 Å². The summed E-state index contributed by atoms with van der Waals surface area (Å²) in [4.78, 5) is 22.9. The fourth-order valence-electron chi connectivity index (χ4n) is 1.98. The van der Waals surface area contributed by atoms with Crippen molar-refractivity contribution in [1.29, 1.82) is 0 Å². The van der Waals surface area contributed by atoms with Crippen LogP contribution in [0.1, 0.15) is 6.42 Å². The van der Waals surface area contributed by atoms with Crippen molar-refractivity contribution < 1.29 is 14.7 Å². The van der Waals surface area contributed by atoms with Gasteiger partial charge in [-0.1, -0.05) is 11.6 Å². The number of nitrogens with one attached hydrogen (secondary N) is 2. The van der Waals surface area contributed by atoms with Gasteiger partial charge in [-0.2, -0.15) is 0 Å². The van der Waals surface area contributed by atoms with Crippen LogP contribution in [0.2, 0.25) is 5.02 Å². The summed E-state index contributed by atoms with van der Waals surface area (Å²) in [5, 5.41) is 14.7. The Bertz CT molecular complexity index is 505. The van der Waals surface area contributed by atoms with Gasteiger partial charge in [-0.15, -0.1) is 0 Å². The summed E-state index contributed by atoms with van der Waals surface area (Å²) in [6.07, 6.45) is 0.354. The molecule has 2 amide bonds. The number of amides is 2. The highest BCUT2D eigenvalue weighted by atomic mass is 35.5. The number of benzene rings is 1. The van der Waals surface area contributed by atoms with E-state index in [0.29, 0.717) is 17.1 Å². The van der Waals surface area contributed by atoms with Gasteiger partial charge in [-0.3, -0.25) is 0 Å². The molecular formula is C12H14ClN3O3. The van der Waals surface area contributed by atoms with Crippen LogP contribution in [0.15, 0.2) is 24.3 Å². The maximum Gasteiger partial charge on any atom is 0.329 e. The molecule has 1 aliphatic carbocycles. The van der Waals surface area contributed by atoms with E-state index in [1.165, 1.54) is 0 Å². The Balaban J connectivity index is 1.98. The maximum atomic E-state index is 11.8. The lowest BCUT2D eigenvalue weighted by Crippen LogP contribution is -2.47. The summed E-state index contributed by atoms with van der Waals surface area (Å²) in [6.45, 7) is 0.230. The van der Waals surface area contributed by atoms with Crippen molar-refractivity contribution in [2.45, 2.75) is 12.0 Å². The van der Waals surface area contributed by atoms with Crippen LogP contribution < -0.4 is 16.4 Å². The number of hydrogen-bond donors (Lipinski definition) is 4. The van der Waals surface area contributed by atoms with Crippen molar-refractivity contribution in [2.24, 2.45) is 11.7 Å². The monoisotopic (exact) mass is 283 g/mol. The molecule has 2 rings (SSSR count). The zero-order chi connectivity index (χ0) is 14.0. The first-order valence-corrected chi connectivity index (χ1v) is 6.14. The minimum Gasteiger partial charge on any atom is -0.479 e. The van der Waals surface area contributed by atoms with E-state index in [9.17, 15) is 9.59 Å². The highest BCUT2D eigenvalue weighted by Crippen LogP contribution is 2.42. The van der Waals surface area contributed by atoms with E-state index >= 15 is 0 Å². The normalized spacial score (nSPS) is 24.6. The van der Waals surface area contributed by atoms with Gasteiger partial charge in [0.05, 0.1) is 0 Å². The molecule has 0 aliphatic heterocycles. The summed E-state index contributed by atoms with van der Waals surface area (Å²) in [5.74, 6) is -1.28. The quantitative estimate of drug-likeness (QED) is 0.668. The van der Waals surface area contributed by atoms with Gasteiger partial charge in [-0.25, -0.2) is 9.59 Å². The Morgan fingerprint density at radius 2 is 2.05 bits per heavy atom. The number of anilines is 1. The topological polar surface area (TPSA) is 104 Å². The first-order chi connectivity index (χ1) is 8.98. The van der Waals surface area contributed by atoms with Crippen LogP contribution in [-0.2, 0) is 4.79 Å². The van der Waals surface area contributed by atoms with E-state index < -0.39 is 17.5 Å². The number of carboxylic acids is 1.